The third-order valence-electron chi connectivity index (χ3n) is 0.356. The molecule has 0 aliphatic carbocycles. The van der Waals surface area contributed by atoms with Gasteiger partial charge < -0.3 is 0 Å². The number of hydrogen-bond donors (Lipinski definition) is 1. The van der Waals surface area contributed by atoms with Crippen LogP contribution in [-0.4, -0.2) is 5.25 Å². The predicted octanol–water partition coefficient (Wildman–Crippen LogP) is 0.994. The van der Waals surface area contributed by atoms with Crippen molar-refractivity contribution in [2.24, 2.45) is 0 Å². The van der Waals surface area contributed by atoms with Crippen molar-refractivity contribution in [2.75, 3.05) is 0 Å². The van der Waals surface area contributed by atoms with Crippen LogP contribution in [0, 0.1) is 11.3 Å². The third-order valence-corrected chi connectivity index (χ3v) is 0.682. The number of nitriles is 1. The summed E-state index contributed by atoms with van der Waals surface area (Å²) in [6, 6.07) is 1.86. The van der Waals surface area contributed by atoms with Crippen molar-refractivity contribution in [3.05, 3.63) is 12.7 Å². The van der Waals surface area contributed by atoms with E-state index in [2.05, 4.69) is 19.2 Å². The first-order chi connectivity index (χ1) is 2.81. The second kappa shape index (κ2) is 2.80. The monoisotopic (exact) mass is 99.0 g/mol. The molecule has 2 heteroatoms. The van der Waals surface area contributed by atoms with Crippen molar-refractivity contribution in [3.63, 3.8) is 0 Å². The van der Waals surface area contributed by atoms with Gasteiger partial charge in [-0.2, -0.15) is 17.9 Å². The van der Waals surface area contributed by atoms with Gasteiger partial charge in [0.1, 0.15) is 5.25 Å². The summed E-state index contributed by atoms with van der Waals surface area (Å²) in [5.41, 5.74) is 0. The number of thiol groups is 1. The van der Waals surface area contributed by atoms with Gasteiger partial charge in [0.05, 0.1) is 6.07 Å². The van der Waals surface area contributed by atoms with Crippen LogP contribution in [0.3, 0.4) is 0 Å². The largest absolute Gasteiger partial charge is 0.197 e. The van der Waals surface area contributed by atoms with Gasteiger partial charge in [0.15, 0.2) is 0 Å². The Morgan fingerprint density at radius 2 is 2.50 bits per heavy atom. The minimum atomic E-state index is -0.301. The van der Waals surface area contributed by atoms with Gasteiger partial charge >= 0.3 is 0 Å². The fourth-order valence-corrected chi connectivity index (χ4v) is 0.0527. The molecule has 0 radical (unpaired) electrons. The lowest BCUT2D eigenvalue weighted by Gasteiger charge is -1.80. The molecule has 0 aliphatic rings. The average molecular weight is 99.2 g/mol. The van der Waals surface area contributed by atoms with E-state index in [1.165, 1.54) is 6.08 Å². The smallest absolute Gasteiger partial charge is 0.107 e. The molecule has 0 amide bonds. The van der Waals surface area contributed by atoms with E-state index in [-0.39, 0.29) is 5.25 Å². The second-order valence-corrected chi connectivity index (χ2v) is 1.37. The quantitative estimate of drug-likeness (QED) is 0.384. The molecule has 1 nitrogen and oxygen atoms in total. The summed E-state index contributed by atoms with van der Waals surface area (Å²) >= 11 is 3.75. The summed E-state index contributed by atoms with van der Waals surface area (Å²) in [5.74, 6) is 0. The molecule has 0 spiro atoms. The highest BCUT2D eigenvalue weighted by atomic mass is 32.1. The summed E-state index contributed by atoms with van der Waals surface area (Å²) in [6.45, 7) is 3.33. The minimum absolute atomic E-state index is 0.301. The van der Waals surface area contributed by atoms with Crippen molar-refractivity contribution in [2.45, 2.75) is 5.25 Å². The summed E-state index contributed by atoms with van der Waals surface area (Å²) in [7, 11) is 0. The first-order valence-electron chi connectivity index (χ1n) is 1.51. The topological polar surface area (TPSA) is 23.8 Å². The predicted molar refractivity (Wildman–Crippen MR) is 28.6 cm³/mol. The van der Waals surface area contributed by atoms with E-state index in [1.54, 1.807) is 0 Å². The van der Waals surface area contributed by atoms with Crippen LogP contribution in [0.15, 0.2) is 12.7 Å². The van der Waals surface area contributed by atoms with E-state index in [4.69, 9.17) is 5.26 Å². The van der Waals surface area contributed by atoms with E-state index in [9.17, 15) is 0 Å². The van der Waals surface area contributed by atoms with E-state index >= 15 is 0 Å². The molecule has 0 saturated heterocycles. The zero-order valence-corrected chi connectivity index (χ0v) is 4.15. The van der Waals surface area contributed by atoms with Crippen LogP contribution in [0.25, 0.3) is 0 Å². The van der Waals surface area contributed by atoms with Gasteiger partial charge in [0.25, 0.3) is 0 Å². The molecule has 6 heavy (non-hydrogen) atoms. The Hall–Kier alpha value is -0.420. The minimum Gasteiger partial charge on any atom is -0.197 e. The maximum absolute atomic E-state index is 7.94. The van der Waals surface area contributed by atoms with Crippen LogP contribution in [0.4, 0.5) is 0 Å². The molecule has 0 N–H and O–H groups in total. The van der Waals surface area contributed by atoms with Gasteiger partial charge in [-0.3, -0.25) is 0 Å². The fourth-order valence-electron chi connectivity index (χ4n) is 0.0527. The third kappa shape index (κ3) is 1.86. The molecule has 0 rings (SSSR count). The molecule has 0 bridgehead atoms. The molecule has 0 aromatic rings. The lowest BCUT2D eigenvalue weighted by atomic mass is 10.5. The van der Waals surface area contributed by atoms with Crippen molar-refractivity contribution in [1.29, 1.82) is 5.26 Å². The van der Waals surface area contributed by atoms with Crippen LogP contribution in [0.1, 0.15) is 0 Å². The highest BCUT2D eigenvalue weighted by Crippen LogP contribution is 1.89. The van der Waals surface area contributed by atoms with Crippen LogP contribution in [-0.2, 0) is 0 Å². The Bertz CT molecular complexity index is 82.0. The van der Waals surface area contributed by atoms with Gasteiger partial charge in [0, 0.05) is 0 Å². The molecule has 0 aromatic carbocycles. The molecule has 1 atom stereocenters. The Balaban J connectivity index is 3.30. The van der Waals surface area contributed by atoms with Crippen LogP contribution in [0.2, 0.25) is 0 Å². The fraction of sp³-hybridized carbons (Fsp3) is 0.250. The molecule has 0 heterocycles. The summed E-state index contributed by atoms with van der Waals surface area (Å²) in [5, 5.41) is 7.64. The van der Waals surface area contributed by atoms with E-state index in [0.717, 1.165) is 0 Å². The number of nitrogens with zero attached hydrogens (tertiary/aromatic N) is 1. The van der Waals surface area contributed by atoms with Gasteiger partial charge in [-0.15, -0.1) is 6.58 Å². The molecule has 0 fully saturated rings. The molecular weight excluding hydrogens is 94.1 g/mol. The summed E-state index contributed by atoms with van der Waals surface area (Å²) in [4.78, 5) is 0. The van der Waals surface area contributed by atoms with Crippen LogP contribution in [0.5, 0.6) is 0 Å². The van der Waals surface area contributed by atoms with Crippen molar-refractivity contribution < 1.29 is 0 Å². The average Bonchev–Trinajstić information content (AvgIpc) is 1.65. The van der Waals surface area contributed by atoms with Crippen molar-refractivity contribution >= 4 is 12.6 Å². The zero-order chi connectivity index (χ0) is 4.99. The maximum Gasteiger partial charge on any atom is 0.107 e. The Kier molecular flexibility index (Phi) is 2.60. The van der Waals surface area contributed by atoms with Crippen LogP contribution < -0.4 is 0 Å². The highest BCUT2D eigenvalue weighted by molar-refractivity contribution is 7.81. The van der Waals surface area contributed by atoms with E-state index in [1.807, 2.05) is 6.07 Å². The Labute approximate surface area is 42.7 Å². The molecule has 0 aliphatic heterocycles. The van der Waals surface area contributed by atoms with Crippen LogP contribution >= 0.6 is 12.6 Å². The lowest BCUT2D eigenvalue weighted by Crippen LogP contribution is -1.81. The second-order valence-electron chi connectivity index (χ2n) is 0.810. The summed E-state index contributed by atoms with van der Waals surface area (Å²) < 4.78 is 0. The molecule has 32 valence electrons. The van der Waals surface area contributed by atoms with E-state index < -0.39 is 0 Å². The zero-order valence-electron chi connectivity index (χ0n) is 3.26. The number of rotatable bonds is 1. The van der Waals surface area contributed by atoms with Gasteiger partial charge in [-0.25, -0.2) is 0 Å². The molecule has 1 unspecified atom stereocenters. The number of hydrogen-bond acceptors (Lipinski definition) is 2. The SMILES string of the molecule is C=CC(S)C#N. The van der Waals surface area contributed by atoms with E-state index in [0.29, 0.717) is 0 Å². The van der Waals surface area contributed by atoms with Gasteiger partial charge in [0.2, 0.25) is 0 Å². The molecule has 0 aromatic heterocycles. The molecule has 0 saturated carbocycles. The Morgan fingerprint density at radius 3 is 2.50 bits per heavy atom. The highest BCUT2D eigenvalue weighted by Gasteiger charge is 1.84. The van der Waals surface area contributed by atoms with Gasteiger partial charge in [-0.05, 0) is 0 Å². The van der Waals surface area contributed by atoms with Crippen molar-refractivity contribution in [1.82, 2.24) is 0 Å². The summed E-state index contributed by atoms with van der Waals surface area (Å²) in [6.07, 6.45) is 1.48. The normalized spacial score (nSPS) is 12.0. The first kappa shape index (κ1) is 5.58. The van der Waals surface area contributed by atoms with Gasteiger partial charge in [-0.1, -0.05) is 6.08 Å². The molecular formula is C4H5NS. The standard InChI is InChI=1S/C4H5NS/c1-2-4(6)3-5/h2,4,6H,1H2. The first-order valence-corrected chi connectivity index (χ1v) is 2.03. The maximum atomic E-state index is 7.94. The van der Waals surface area contributed by atoms with Crippen molar-refractivity contribution in [3.8, 4) is 6.07 Å². The lowest BCUT2D eigenvalue weighted by molar-refractivity contribution is 1.39. The Morgan fingerprint density at radius 1 is 2.00 bits per heavy atom.